The van der Waals surface area contributed by atoms with Crippen LogP contribution in [0.15, 0.2) is 48.5 Å². The van der Waals surface area contributed by atoms with Gasteiger partial charge in [0.15, 0.2) is 0 Å². The van der Waals surface area contributed by atoms with E-state index < -0.39 is 0 Å². The fourth-order valence-electron chi connectivity index (χ4n) is 3.05. The first kappa shape index (κ1) is 16.5. The highest BCUT2D eigenvalue weighted by Gasteiger charge is 2.21. The molecular formula is C19H19ClN2O2. The Morgan fingerprint density at radius 3 is 2.67 bits per heavy atom. The predicted molar refractivity (Wildman–Crippen MR) is 94.0 cm³/mol. The van der Waals surface area contributed by atoms with Crippen LogP contribution in [0.5, 0.6) is 0 Å². The van der Waals surface area contributed by atoms with Gasteiger partial charge in [0.25, 0.3) is 5.91 Å². The van der Waals surface area contributed by atoms with E-state index in [4.69, 9.17) is 11.6 Å². The van der Waals surface area contributed by atoms with Crippen LogP contribution in [-0.2, 0) is 11.2 Å². The van der Waals surface area contributed by atoms with Crippen molar-refractivity contribution in [3.8, 4) is 0 Å². The fourth-order valence-corrected chi connectivity index (χ4v) is 3.27. The Hall–Kier alpha value is -2.33. The molecule has 2 amide bonds. The zero-order valence-corrected chi connectivity index (χ0v) is 14.0. The largest absolute Gasteiger partial charge is 0.348 e. The summed E-state index contributed by atoms with van der Waals surface area (Å²) in [5, 5.41) is 6.00. The number of benzene rings is 2. The van der Waals surface area contributed by atoms with Crippen molar-refractivity contribution >= 4 is 23.4 Å². The molecule has 1 atom stereocenters. The van der Waals surface area contributed by atoms with E-state index in [1.165, 1.54) is 11.1 Å². The number of fused-ring (bicyclic) bond motifs is 1. The van der Waals surface area contributed by atoms with Gasteiger partial charge in [-0.2, -0.15) is 0 Å². The van der Waals surface area contributed by atoms with E-state index in [9.17, 15) is 9.59 Å². The van der Waals surface area contributed by atoms with Gasteiger partial charge in [-0.1, -0.05) is 48.0 Å². The van der Waals surface area contributed by atoms with Crippen molar-refractivity contribution in [3.63, 3.8) is 0 Å². The van der Waals surface area contributed by atoms with Crippen LogP contribution in [0.2, 0.25) is 5.02 Å². The number of carbonyl (C=O) groups is 2. The molecule has 24 heavy (non-hydrogen) atoms. The second-order valence-electron chi connectivity index (χ2n) is 5.87. The van der Waals surface area contributed by atoms with Crippen molar-refractivity contribution in [2.45, 2.75) is 25.3 Å². The third-order valence-electron chi connectivity index (χ3n) is 4.23. The number of hydrogen-bond acceptors (Lipinski definition) is 2. The smallest absolute Gasteiger partial charge is 0.253 e. The molecule has 5 heteroatoms. The van der Waals surface area contributed by atoms with Gasteiger partial charge >= 0.3 is 0 Å². The Labute approximate surface area is 146 Å². The van der Waals surface area contributed by atoms with E-state index in [1.54, 1.807) is 24.3 Å². The minimum atomic E-state index is -0.347. The summed E-state index contributed by atoms with van der Waals surface area (Å²) < 4.78 is 0. The van der Waals surface area contributed by atoms with Crippen molar-refractivity contribution in [2.24, 2.45) is 0 Å². The molecule has 0 spiro atoms. The number of carbonyl (C=O) groups excluding carboxylic acids is 2. The molecule has 4 nitrogen and oxygen atoms in total. The van der Waals surface area contributed by atoms with Crippen LogP contribution < -0.4 is 10.6 Å². The quantitative estimate of drug-likeness (QED) is 0.896. The Kier molecular flexibility index (Phi) is 5.16. The summed E-state index contributed by atoms with van der Waals surface area (Å²) in [7, 11) is 0. The minimum absolute atomic E-state index is 0.0136. The Morgan fingerprint density at radius 2 is 1.83 bits per heavy atom. The first-order valence-corrected chi connectivity index (χ1v) is 8.43. The molecule has 1 aliphatic carbocycles. The molecule has 0 radical (unpaired) electrons. The van der Waals surface area contributed by atoms with Crippen LogP contribution in [0.4, 0.5) is 0 Å². The maximum Gasteiger partial charge on any atom is 0.253 e. The summed E-state index contributed by atoms with van der Waals surface area (Å²) in [6.07, 6.45) is 3.01. The maximum absolute atomic E-state index is 12.2. The maximum atomic E-state index is 12.2. The molecule has 0 heterocycles. The monoisotopic (exact) mass is 342 g/mol. The first-order valence-electron chi connectivity index (χ1n) is 8.05. The molecule has 0 aliphatic heterocycles. The zero-order valence-electron chi connectivity index (χ0n) is 13.2. The molecule has 0 bridgehead atoms. The van der Waals surface area contributed by atoms with E-state index in [1.807, 2.05) is 12.1 Å². The van der Waals surface area contributed by atoms with Crippen molar-refractivity contribution in [2.75, 3.05) is 6.54 Å². The molecule has 2 aromatic rings. The van der Waals surface area contributed by atoms with E-state index in [2.05, 4.69) is 22.8 Å². The molecule has 124 valence electrons. The molecule has 1 aliphatic rings. The van der Waals surface area contributed by atoms with Gasteiger partial charge in [-0.05, 0) is 42.5 Å². The topological polar surface area (TPSA) is 58.2 Å². The fraction of sp³-hybridized carbons (Fsp3) is 0.263. The summed E-state index contributed by atoms with van der Waals surface area (Å²) in [6, 6.07) is 15.0. The Morgan fingerprint density at radius 1 is 1.08 bits per heavy atom. The third kappa shape index (κ3) is 3.77. The SMILES string of the molecule is O=C(CNC(=O)c1ccccc1Cl)NC1CCCc2ccccc21. The molecule has 0 saturated heterocycles. The third-order valence-corrected chi connectivity index (χ3v) is 4.56. The van der Waals surface area contributed by atoms with Crippen molar-refractivity contribution in [1.82, 2.24) is 10.6 Å². The number of aryl methyl sites for hydroxylation is 1. The van der Waals surface area contributed by atoms with Gasteiger partial charge < -0.3 is 10.6 Å². The number of rotatable bonds is 4. The summed E-state index contributed by atoms with van der Waals surface area (Å²) in [4.78, 5) is 24.3. The van der Waals surface area contributed by atoms with Crippen LogP contribution in [-0.4, -0.2) is 18.4 Å². The summed E-state index contributed by atoms with van der Waals surface area (Å²) in [6.45, 7) is -0.0667. The van der Waals surface area contributed by atoms with Gasteiger partial charge in [-0.15, -0.1) is 0 Å². The van der Waals surface area contributed by atoms with Crippen molar-refractivity contribution in [1.29, 1.82) is 0 Å². The van der Waals surface area contributed by atoms with Gasteiger partial charge in [0.05, 0.1) is 23.2 Å². The first-order chi connectivity index (χ1) is 11.6. The van der Waals surface area contributed by atoms with Crippen LogP contribution in [0.25, 0.3) is 0 Å². The van der Waals surface area contributed by atoms with E-state index in [0.29, 0.717) is 10.6 Å². The van der Waals surface area contributed by atoms with Gasteiger partial charge in [-0.25, -0.2) is 0 Å². The molecule has 2 aromatic carbocycles. The van der Waals surface area contributed by atoms with Crippen molar-refractivity contribution < 1.29 is 9.59 Å². The highest BCUT2D eigenvalue weighted by atomic mass is 35.5. The summed E-state index contributed by atoms with van der Waals surface area (Å²) in [5.41, 5.74) is 2.83. The van der Waals surface area contributed by atoms with Gasteiger partial charge in [-0.3, -0.25) is 9.59 Å². The number of halogens is 1. The lowest BCUT2D eigenvalue weighted by Gasteiger charge is -2.26. The normalized spacial score (nSPS) is 16.1. The lowest BCUT2D eigenvalue weighted by atomic mass is 9.88. The average Bonchev–Trinajstić information content (AvgIpc) is 2.60. The number of amides is 2. The minimum Gasteiger partial charge on any atom is -0.348 e. The molecule has 3 rings (SSSR count). The van der Waals surface area contributed by atoms with Gasteiger partial charge in [0.1, 0.15) is 0 Å². The average molecular weight is 343 g/mol. The molecule has 0 aromatic heterocycles. The second kappa shape index (κ2) is 7.49. The van der Waals surface area contributed by atoms with Gasteiger partial charge in [0.2, 0.25) is 5.91 Å². The Balaban J connectivity index is 1.57. The number of nitrogens with one attached hydrogen (secondary N) is 2. The second-order valence-corrected chi connectivity index (χ2v) is 6.28. The molecule has 0 fully saturated rings. The lowest BCUT2D eigenvalue weighted by Crippen LogP contribution is -2.39. The van der Waals surface area contributed by atoms with E-state index in [-0.39, 0.29) is 24.4 Å². The van der Waals surface area contributed by atoms with Crippen LogP contribution in [0.1, 0.15) is 40.4 Å². The van der Waals surface area contributed by atoms with Crippen molar-refractivity contribution in [3.05, 3.63) is 70.2 Å². The highest BCUT2D eigenvalue weighted by Crippen LogP contribution is 2.29. The Bertz CT molecular complexity index is 761. The molecule has 1 unspecified atom stereocenters. The number of hydrogen-bond donors (Lipinski definition) is 2. The predicted octanol–water partition coefficient (Wildman–Crippen LogP) is 3.26. The summed E-state index contributed by atoms with van der Waals surface area (Å²) in [5.74, 6) is -0.545. The summed E-state index contributed by atoms with van der Waals surface area (Å²) >= 11 is 5.98. The molecule has 0 saturated carbocycles. The van der Waals surface area contributed by atoms with Crippen LogP contribution in [0.3, 0.4) is 0 Å². The van der Waals surface area contributed by atoms with E-state index >= 15 is 0 Å². The molecular weight excluding hydrogens is 324 g/mol. The van der Waals surface area contributed by atoms with Crippen LogP contribution >= 0.6 is 11.6 Å². The highest BCUT2D eigenvalue weighted by molar-refractivity contribution is 6.33. The molecule has 2 N–H and O–H groups in total. The van der Waals surface area contributed by atoms with Crippen LogP contribution in [0, 0.1) is 0 Å². The zero-order chi connectivity index (χ0) is 16.9. The van der Waals surface area contributed by atoms with Gasteiger partial charge in [0, 0.05) is 0 Å². The standard InChI is InChI=1S/C19H19ClN2O2/c20-16-10-4-3-9-15(16)19(24)21-12-18(23)22-17-11-5-7-13-6-1-2-8-14(13)17/h1-4,6,8-10,17H,5,7,11-12H2,(H,21,24)(H,22,23). The van der Waals surface area contributed by atoms with E-state index in [0.717, 1.165) is 19.3 Å². The lowest BCUT2D eigenvalue weighted by molar-refractivity contribution is -0.121.